The third-order valence-electron chi connectivity index (χ3n) is 7.37. The molecule has 10 nitrogen and oxygen atoms in total. The number of carbonyl (C=O) groups is 2. The van der Waals surface area contributed by atoms with Gasteiger partial charge in [-0.15, -0.1) is 0 Å². The highest BCUT2D eigenvalue weighted by Gasteiger charge is 2.43. The SMILES string of the molecule is CN(C)S(=O)(=O)c1cc(Cl)ccc1OC(C)(C)C(=O)NC1C[C@H]2CC[C@@H](C1)N2c1ccc(C(=O)NCC(F)(F)F)cn1. The molecule has 2 N–H and O–H groups in total. The number of nitrogens with one attached hydrogen (secondary N) is 2. The van der Waals surface area contributed by atoms with Crippen molar-refractivity contribution in [1.29, 1.82) is 0 Å². The minimum absolute atomic E-state index is 0.00440. The van der Waals surface area contributed by atoms with E-state index >= 15 is 0 Å². The van der Waals surface area contributed by atoms with Gasteiger partial charge in [-0.3, -0.25) is 9.59 Å². The number of hydrogen-bond donors (Lipinski definition) is 2. The molecule has 42 heavy (non-hydrogen) atoms. The highest BCUT2D eigenvalue weighted by Crippen LogP contribution is 2.39. The van der Waals surface area contributed by atoms with Gasteiger partial charge in [-0.25, -0.2) is 17.7 Å². The number of hydrogen-bond acceptors (Lipinski definition) is 7. The van der Waals surface area contributed by atoms with Gasteiger partial charge in [0, 0.05) is 43.4 Å². The smallest absolute Gasteiger partial charge is 0.405 e. The van der Waals surface area contributed by atoms with E-state index in [-0.39, 0.29) is 39.4 Å². The van der Waals surface area contributed by atoms with Gasteiger partial charge in [-0.05, 0) is 69.9 Å². The number of ether oxygens (including phenoxy) is 1. The van der Waals surface area contributed by atoms with E-state index in [4.69, 9.17) is 16.3 Å². The zero-order valence-corrected chi connectivity index (χ0v) is 25.1. The van der Waals surface area contributed by atoms with Gasteiger partial charge in [0.1, 0.15) is 23.0 Å². The minimum Gasteiger partial charge on any atom is -0.477 e. The Morgan fingerprint density at radius 1 is 1.12 bits per heavy atom. The lowest BCUT2D eigenvalue weighted by atomic mass is 9.96. The number of sulfonamides is 1. The van der Waals surface area contributed by atoms with E-state index in [9.17, 15) is 31.2 Å². The zero-order chi connectivity index (χ0) is 31.0. The Labute approximate surface area is 247 Å². The molecule has 2 bridgehead atoms. The van der Waals surface area contributed by atoms with Crippen molar-refractivity contribution in [3.63, 3.8) is 0 Å². The average molecular weight is 632 g/mol. The van der Waals surface area contributed by atoms with Crippen molar-refractivity contribution in [2.75, 3.05) is 25.5 Å². The van der Waals surface area contributed by atoms with Crippen LogP contribution in [0.3, 0.4) is 0 Å². The van der Waals surface area contributed by atoms with Gasteiger partial charge in [0.05, 0.1) is 5.56 Å². The molecule has 3 atom stereocenters. The number of carbonyl (C=O) groups excluding carboxylic acids is 2. The molecule has 2 amide bonds. The fraction of sp³-hybridized carbons (Fsp3) is 0.519. The molecule has 1 aromatic heterocycles. The molecule has 1 unspecified atom stereocenters. The molecule has 15 heteroatoms. The molecule has 2 saturated heterocycles. The van der Waals surface area contributed by atoms with Gasteiger partial charge >= 0.3 is 6.18 Å². The lowest BCUT2D eigenvalue weighted by molar-refractivity contribution is -0.135. The number of amides is 2. The van der Waals surface area contributed by atoms with Gasteiger partial charge in [0.25, 0.3) is 11.8 Å². The molecule has 0 spiro atoms. The average Bonchev–Trinajstić information content (AvgIpc) is 3.17. The molecule has 0 aliphatic carbocycles. The lowest BCUT2D eigenvalue weighted by Crippen LogP contribution is -2.55. The summed E-state index contributed by atoms with van der Waals surface area (Å²) in [7, 11) is -1.12. The van der Waals surface area contributed by atoms with Gasteiger partial charge in [-0.1, -0.05) is 11.6 Å². The first-order chi connectivity index (χ1) is 19.5. The molecular weight excluding hydrogens is 599 g/mol. The molecule has 2 aliphatic rings. The van der Waals surface area contributed by atoms with E-state index in [2.05, 4.69) is 15.2 Å². The Bertz CT molecular complexity index is 1420. The molecule has 4 rings (SSSR count). The standard InChI is InChI=1S/C27H33ClF3N5O5S/c1-26(2,41-21-9-6-17(28)11-22(21)42(39,40)35(3)4)25(38)34-18-12-19-7-8-20(13-18)36(19)23-10-5-16(14-32-23)24(37)33-15-27(29,30)31/h5-6,9-11,14,18-20H,7-8,12-13,15H2,1-4H3,(H,33,37)(H,34,38)/t18?,19-,20+. The highest BCUT2D eigenvalue weighted by atomic mass is 35.5. The number of piperidine rings is 1. The molecule has 0 radical (unpaired) electrons. The number of halogens is 4. The van der Waals surface area contributed by atoms with E-state index in [1.807, 2.05) is 5.32 Å². The highest BCUT2D eigenvalue weighted by molar-refractivity contribution is 7.89. The van der Waals surface area contributed by atoms with Crippen LogP contribution in [0.1, 0.15) is 49.9 Å². The van der Waals surface area contributed by atoms with Crippen molar-refractivity contribution >= 4 is 39.3 Å². The van der Waals surface area contributed by atoms with Gasteiger partial charge in [0.15, 0.2) is 5.60 Å². The van der Waals surface area contributed by atoms with Crippen LogP contribution in [0.4, 0.5) is 19.0 Å². The van der Waals surface area contributed by atoms with E-state index < -0.39 is 40.2 Å². The number of benzene rings is 1. The third-order valence-corrected chi connectivity index (χ3v) is 9.44. The van der Waals surface area contributed by atoms with Crippen LogP contribution in [-0.4, -0.2) is 80.1 Å². The van der Waals surface area contributed by atoms with Crippen LogP contribution >= 0.6 is 11.6 Å². The maximum absolute atomic E-state index is 13.3. The lowest BCUT2D eigenvalue weighted by Gasteiger charge is -2.41. The summed E-state index contributed by atoms with van der Waals surface area (Å²) in [5.41, 5.74) is -1.38. The maximum atomic E-state index is 13.3. The number of aromatic nitrogens is 1. The van der Waals surface area contributed by atoms with Crippen LogP contribution in [0.25, 0.3) is 0 Å². The van der Waals surface area contributed by atoms with Crippen molar-refractivity contribution in [3.8, 4) is 5.75 Å². The summed E-state index contributed by atoms with van der Waals surface area (Å²) in [6.07, 6.45) is -0.277. The summed E-state index contributed by atoms with van der Waals surface area (Å²) in [6.45, 7) is 1.70. The fourth-order valence-corrected chi connectivity index (χ4v) is 6.54. The maximum Gasteiger partial charge on any atom is 0.405 e. The summed E-state index contributed by atoms with van der Waals surface area (Å²) in [5, 5.41) is 5.09. The summed E-state index contributed by atoms with van der Waals surface area (Å²) < 4.78 is 69.9. The van der Waals surface area contributed by atoms with Crippen LogP contribution in [0, 0.1) is 0 Å². The summed E-state index contributed by atoms with van der Waals surface area (Å²) in [4.78, 5) is 31.7. The van der Waals surface area contributed by atoms with Crippen LogP contribution in [-0.2, 0) is 14.8 Å². The summed E-state index contributed by atoms with van der Waals surface area (Å²) >= 11 is 6.05. The first-order valence-electron chi connectivity index (χ1n) is 13.3. The van der Waals surface area contributed by atoms with Crippen LogP contribution < -0.4 is 20.3 Å². The largest absolute Gasteiger partial charge is 0.477 e. The predicted octanol–water partition coefficient (Wildman–Crippen LogP) is 3.75. The molecule has 0 saturated carbocycles. The molecule has 230 valence electrons. The molecule has 2 fully saturated rings. The summed E-state index contributed by atoms with van der Waals surface area (Å²) in [5.74, 6) is -0.646. The molecule has 2 aliphatic heterocycles. The number of fused-ring (bicyclic) bond motifs is 2. The first kappa shape index (κ1) is 31.8. The van der Waals surface area contributed by atoms with Crippen LogP contribution in [0.2, 0.25) is 5.02 Å². The Hall–Kier alpha value is -3.10. The van der Waals surface area contributed by atoms with Gasteiger partial charge in [0.2, 0.25) is 10.0 Å². The molecule has 3 heterocycles. The number of rotatable bonds is 9. The Morgan fingerprint density at radius 3 is 2.31 bits per heavy atom. The first-order valence-corrected chi connectivity index (χ1v) is 15.1. The van der Waals surface area contributed by atoms with E-state index in [0.717, 1.165) is 17.1 Å². The van der Waals surface area contributed by atoms with Crippen LogP contribution in [0.5, 0.6) is 5.75 Å². The number of anilines is 1. The summed E-state index contributed by atoms with van der Waals surface area (Å²) in [6, 6.07) is 7.21. The Morgan fingerprint density at radius 2 is 1.76 bits per heavy atom. The van der Waals surface area contributed by atoms with Crippen molar-refractivity contribution in [2.45, 2.75) is 74.3 Å². The second kappa shape index (κ2) is 11.9. The second-order valence-corrected chi connectivity index (χ2v) is 13.7. The fourth-order valence-electron chi connectivity index (χ4n) is 5.27. The van der Waals surface area contributed by atoms with Gasteiger partial charge in [-0.2, -0.15) is 13.2 Å². The van der Waals surface area contributed by atoms with E-state index in [0.29, 0.717) is 18.7 Å². The van der Waals surface area contributed by atoms with Crippen molar-refractivity contribution < 1.29 is 35.9 Å². The zero-order valence-electron chi connectivity index (χ0n) is 23.5. The molecule has 2 aromatic rings. The number of pyridine rings is 1. The second-order valence-electron chi connectivity index (χ2n) is 11.1. The monoisotopic (exact) mass is 631 g/mol. The number of alkyl halides is 3. The normalized spacial score (nSPS) is 20.9. The predicted molar refractivity (Wildman–Crippen MR) is 150 cm³/mol. The van der Waals surface area contributed by atoms with Crippen molar-refractivity contribution in [2.24, 2.45) is 0 Å². The van der Waals surface area contributed by atoms with Crippen molar-refractivity contribution in [1.82, 2.24) is 19.9 Å². The molecular formula is C27H33ClF3N5O5S. The Kier molecular flexibility index (Phi) is 9.00. The van der Waals surface area contributed by atoms with Crippen LogP contribution in [0.15, 0.2) is 41.4 Å². The topological polar surface area (TPSA) is 121 Å². The Balaban J connectivity index is 1.40. The molecule has 1 aromatic carbocycles. The minimum atomic E-state index is -4.51. The third kappa shape index (κ3) is 7.09. The van der Waals surface area contributed by atoms with E-state index in [1.165, 1.54) is 44.6 Å². The quantitative estimate of drug-likeness (QED) is 0.432. The van der Waals surface area contributed by atoms with Gasteiger partial charge < -0.3 is 20.3 Å². The van der Waals surface area contributed by atoms with Crippen molar-refractivity contribution in [3.05, 3.63) is 47.1 Å². The number of nitrogens with zero attached hydrogens (tertiary/aromatic N) is 3. The van der Waals surface area contributed by atoms with E-state index in [1.54, 1.807) is 19.9 Å².